The van der Waals surface area contributed by atoms with E-state index in [1.54, 1.807) is 37.1 Å². The van der Waals surface area contributed by atoms with Crippen LogP contribution in [0.3, 0.4) is 0 Å². The molecule has 0 bridgehead atoms. The van der Waals surface area contributed by atoms with Crippen molar-refractivity contribution in [1.82, 2.24) is 14.6 Å². The van der Waals surface area contributed by atoms with Crippen LogP contribution in [0, 0.1) is 6.92 Å². The Balaban J connectivity index is 1.77. The third-order valence-electron chi connectivity index (χ3n) is 4.92. The topological polar surface area (TPSA) is 77.8 Å². The van der Waals surface area contributed by atoms with Crippen LogP contribution in [0.2, 0.25) is 5.02 Å². The van der Waals surface area contributed by atoms with Crippen LogP contribution in [0.15, 0.2) is 54.7 Å². The number of benzene rings is 2. The Hall–Kier alpha value is -3.42. The highest BCUT2D eigenvalue weighted by Gasteiger charge is 2.21. The summed E-state index contributed by atoms with van der Waals surface area (Å²) in [6.45, 7) is 2.14. The smallest absolute Gasteiger partial charge is 0.259 e. The average molecular weight is 437 g/mol. The molecule has 0 atom stereocenters. The minimum atomic E-state index is -0.284. The van der Waals surface area contributed by atoms with E-state index in [4.69, 9.17) is 21.1 Å². The molecule has 31 heavy (non-hydrogen) atoms. The summed E-state index contributed by atoms with van der Waals surface area (Å²) in [5.74, 6) is 0.374. The number of aromatic nitrogens is 3. The van der Waals surface area contributed by atoms with Gasteiger partial charge in [0.15, 0.2) is 5.65 Å². The quantitative estimate of drug-likeness (QED) is 0.471. The number of fused-ring (bicyclic) bond motifs is 1. The summed E-state index contributed by atoms with van der Waals surface area (Å²) < 4.78 is 12.2. The van der Waals surface area contributed by atoms with Gasteiger partial charge in [-0.05, 0) is 36.8 Å². The summed E-state index contributed by atoms with van der Waals surface area (Å²) in [5, 5.41) is 8.17. The van der Waals surface area contributed by atoms with Crippen molar-refractivity contribution in [2.45, 2.75) is 13.5 Å². The molecule has 2 heterocycles. The standard InChI is InChI=1S/C23H21ClN4O3/c1-14-19(23(29)26-17-8-5-9-18(11-17)31-3)12-25-22-21(15-6-4-7-16(24)10-15)20(13-30-2)27-28(14)22/h4-12H,13H2,1-3H3,(H,26,29). The number of aryl methyl sites for hydroxylation is 1. The molecule has 0 radical (unpaired) electrons. The number of hydrogen-bond donors (Lipinski definition) is 1. The molecule has 0 saturated carbocycles. The first-order valence-electron chi connectivity index (χ1n) is 9.59. The minimum Gasteiger partial charge on any atom is -0.497 e. The fourth-order valence-electron chi connectivity index (χ4n) is 3.44. The third-order valence-corrected chi connectivity index (χ3v) is 5.16. The fourth-order valence-corrected chi connectivity index (χ4v) is 3.63. The molecule has 0 saturated heterocycles. The highest BCUT2D eigenvalue weighted by molar-refractivity contribution is 6.30. The lowest BCUT2D eigenvalue weighted by Gasteiger charge is -2.10. The number of rotatable bonds is 6. The first kappa shape index (κ1) is 20.8. The molecule has 0 aliphatic heterocycles. The monoisotopic (exact) mass is 436 g/mol. The number of ether oxygens (including phenoxy) is 2. The third kappa shape index (κ3) is 4.10. The van der Waals surface area contributed by atoms with Crippen LogP contribution in [0.25, 0.3) is 16.8 Å². The molecule has 0 fully saturated rings. The highest BCUT2D eigenvalue weighted by atomic mass is 35.5. The van der Waals surface area contributed by atoms with Gasteiger partial charge in [0, 0.05) is 30.1 Å². The van der Waals surface area contributed by atoms with E-state index in [2.05, 4.69) is 15.4 Å². The Labute approximate surface area is 184 Å². The van der Waals surface area contributed by atoms with E-state index in [9.17, 15) is 4.79 Å². The van der Waals surface area contributed by atoms with E-state index < -0.39 is 0 Å². The van der Waals surface area contributed by atoms with Gasteiger partial charge in [0.1, 0.15) is 5.75 Å². The van der Waals surface area contributed by atoms with E-state index in [-0.39, 0.29) is 5.91 Å². The van der Waals surface area contributed by atoms with Crippen LogP contribution < -0.4 is 10.1 Å². The van der Waals surface area contributed by atoms with Crippen molar-refractivity contribution in [3.63, 3.8) is 0 Å². The zero-order valence-corrected chi connectivity index (χ0v) is 18.1. The van der Waals surface area contributed by atoms with Crippen molar-refractivity contribution in [3.05, 3.63) is 76.7 Å². The lowest BCUT2D eigenvalue weighted by molar-refractivity contribution is 0.102. The van der Waals surface area contributed by atoms with Crippen LogP contribution in [-0.4, -0.2) is 34.7 Å². The van der Waals surface area contributed by atoms with Crippen molar-refractivity contribution in [2.75, 3.05) is 19.5 Å². The maximum atomic E-state index is 12.9. The summed E-state index contributed by atoms with van der Waals surface area (Å²) >= 11 is 6.20. The Bertz CT molecular complexity index is 1270. The van der Waals surface area contributed by atoms with Crippen LogP contribution in [0.4, 0.5) is 5.69 Å². The zero-order valence-electron chi connectivity index (χ0n) is 17.3. The Morgan fingerprint density at radius 1 is 1.16 bits per heavy atom. The Morgan fingerprint density at radius 3 is 2.71 bits per heavy atom. The van der Waals surface area contributed by atoms with Gasteiger partial charge in [-0.15, -0.1) is 0 Å². The van der Waals surface area contributed by atoms with Gasteiger partial charge in [0.25, 0.3) is 5.91 Å². The summed E-state index contributed by atoms with van der Waals surface area (Å²) in [6.07, 6.45) is 1.56. The van der Waals surface area contributed by atoms with Gasteiger partial charge in [-0.25, -0.2) is 9.50 Å². The van der Waals surface area contributed by atoms with Crippen LogP contribution in [0.5, 0.6) is 5.75 Å². The molecule has 0 aliphatic carbocycles. The van der Waals surface area contributed by atoms with E-state index in [0.29, 0.717) is 45.7 Å². The average Bonchev–Trinajstić information content (AvgIpc) is 3.13. The highest BCUT2D eigenvalue weighted by Crippen LogP contribution is 2.31. The van der Waals surface area contributed by atoms with Gasteiger partial charge in [-0.2, -0.15) is 5.10 Å². The van der Waals surface area contributed by atoms with Crippen molar-refractivity contribution < 1.29 is 14.3 Å². The van der Waals surface area contributed by atoms with Crippen LogP contribution in [0.1, 0.15) is 21.7 Å². The largest absolute Gasteiger partial charge is 0.497 e. The first-order chi connectivity index (χ1) is 15.0. The van der Waals surface area contributed by atoms with Gasteiger partial charge in [0.2, 0.25) is 0 Å². The second kappa shape index (κ2) is 8.75. The first-order valence-corrected chi connectivity index (χ1v) is 9.97. The molecule has 7 nitrogen and oxygen atoms in total. The van der Waals surface area contributed by atoms with Gasteiger partial charge in [0.05, 0.1) is 36.2 Å². The number of methoxy groups -OCH3 is 2. The maximum Gasteiger partial charge on any atom is 0.259 e. The molecule has 158 valence electrons. The van der Waals surface area contributed by atoms with E-state index in [1.165, 1.54) is 0 Å². The second-order valence-electron chi connectivity index (χ2n) is 6.94. The van der Waals surface area contributed by atoms with E-state index in [0.717, 1.165) is 11.1 Å². The van der Waals surface area contributed by atoms with Crippen molar-refractivity contribution in [3.8, 4) is 16.9 Å². The lowest BCUT2D eigenvalue weighted by Crippen LogP contribution is -2.16. The lowest BCUT2D eigenvalue weighted by atomic mass is 10.1. The zero-order chi connectivity index (χ0) is 22.0. The number of carbonyl (C=O) groups excluding carboxylic acids is 1. The van der Waals surface area contributed by atoms with Crippen molar-refractivity contribution in [1.29, 1.82) is 0 Å². The molecule has 4 rings (SSSR count). The Morgan fingerprint density at radius 2 is 1.97 bits per heavy atom. The number of anilines is 1. The van der Waals surface area contributed by atoms with E-state index >= 15 is 0 Å². The molecule has 8 heteroatoms. The number of halogens is 1. The molecule has 0 aliphatic rings. The molecular weight excluding hydrogens is 416 g/mol. The fraction of sp³-hybridized carbons (Fsp3) is 0.174. The predicted molar refractivity (Wildman–Crippen MR) is 120 cm³/mol. The SMILES string of the molecule is COCc1nn2c(C)c(C(=O)Nc3cccc(OC)c3)cnc2c1-c1cccc(Cl)c1. The number of nitrogens with zero attached hydrogens (tertiary/aromatic N) is 3. The van der Waals surface area contributed by atoms with Crippen molar-refractivity contribution in [2.24, 2.45) is 0 Å². The van der Waals surface area contributed by atoms with Gasteiger partial charge < -0.3 is 14.8 Å². The Kier molecular flexibility index (Phi) is 5.88. The number of hydrogen-bond acceptors (Lipinski definition) is 5. The molecular formula is C23H21ClN4O3. The molecule has 1 amide bonds. The normalized spacial score (nSPS) is 11.0. The summed E-state index contributed by atoms with van der Waals surface area (Å²) in [5.41, 5.74) is 4.76. The number of amides is 1. The molecule has 4 aromatic rings. The van der Waals surface area contributed by atoms with Crippen molar-refractivity contribution >= 4 is 28.8 Å². The van der Waals surface area contributed by atoms with Crippen LogP contribution >= 0.6 is 11.6 Å². The molecule has 2 aromatic carbocycles. The predicted octanol–water partition coefficient (Wildman–Crippen LogP) is 4.77. The number of nitrogens with one attached hydrogen (secondary N) is 1. The second-order valence-corrected chi connectivity index (χ2v) is 7.38. The van der Waals surface area contributed by atoms with Gasteiger partial charge >= 0.3 is 0 Å². The summed E-state index contributed by atoms with van der Waals surface area (Å²) in [6, 6.07) is 14.7. The molecule has 2 aromatic heterocycles. The van der Waals surface area contributed by atoms with E-state index in [1.807, 2.05) is 43.3 Å². The van der Waals surface area contributed by atoms with Gasteiger partial charge in [-0.1, -0.05) is 29.8 Å². The maximum absolute atomic E-state index is 12.9. The molecule has 0 spiro atoms. The van der Waals surface area contributed by atoms with Gasteiger partial charge in [-0.3, -0.25) is 4.79 Å². The summed E-state index contributed by atoms with van der Waals surface area (Å²) in [4.78, 5) is 17.5. The molecule has 1 N–H and O–H groups in total. The molecule has 0 unspecified atom stereocenters. The minimum absolute atomic E-state index is 0.284. The summed E-state index contributed by atoms with van der Waals surface area (Å²) in [7, 11) is 3.19. The number of carbonyl (C=O) groups is 1. The van der Waals surface area contributed by atoms with Crippen LogP contribution in [-0.2, 0) is 11.3 Å².